The number of ether oxygens (including phenoxy) is 1. The first-order valence-electron chi connectivity index (χ1n) is 10.4. The summed E-state index contributed by atoms with van der Waals surface area (Å²) < 4.78 is 32.4. The van der Waals surface area contributed by atoms with E-state index in [1.165, 1.54) is 12.0 Å². The summed E-state index contributed by atoms with van der Waals surface area (Å²) in [6.45, 7) is 4.96. The SMILES string of the molecule is COc1ccccc1N(CC(=O)N(Cc1ccc(Br)cc1)C(C)C(=O)NC(C)C)S(C)(=O)=O. The highest BCUT2D eigenvalue weighted by molar-refractivity contribution is 9.10. The molecule has 0 saturated heterocycles. The Balaban J connectivity index is 2.42. The molecule has 2 aromatic carbocycles. The van der Waals surface area contributed by atoms with Gasteiger partial charge in [0, 0.05) is 17.1 Å². The number of carbonyl (C=O) groups is 2. The van der Waals surface area contributed by atoms with Gasteiger partial charge in [0.05, 0.1) is 19.1 Å². The molecule has 1 N–H and O–H groups in total. The number of anilines is 1. The van der Waals surface area contributed by atoms with Gasteiger partial charge in [-0.05, 0) is 50.6 Å². The van der Waals surface area contributed by atoms with Crippen molar-refractivity contribution in [2.45, 2.75) is 39.4 Å². The molecule has 33 heavy (non-hydrogen) atoms. The van der Waals surface area contributed by atoms with Crippen LogP contribution in [-0.2, 0) is 26.2 Å². The highest BCUT2D eigenvalue weighted by Gasteiger charge is 2.31. The summed E-state index contributed by atoms with van der Waals surface area (Å²) in [6.07, 6.45) is 1.03. The van der Waals surface area contributed by atoms with Gasteiger partial charge in [0.15, 0.2) is 0 Å². The Morgan fingerprint density at radius 3 is 2.21 bits per heavy atom. The molecule has 8 nitrogen and oxygen atoms in total. The Bertz CT molecular complexity index is 1070. The lowest BCUT2D eigenvalue weighted by atomic mass is 10.1. The van der Waals surface area contributed by atoms with Gasteiger partial charge in [-0.1, -0.05) is 40.2 Å². The predicted molar refractivity (Wildman–Crippen MR) is 133 cm³/mol. The lowest BCUT2D eigenvalue weighted by Gasteiger charge is -2.32. The van der Waals surface area contributed by atoms with Crippen molar-refractivity contribution < 1.29 is 22.7 Å². The number of nitrogens with zero attached hydrogens (tertiary/aromatic N) is 2. The van der Waals surface area contributed by atoms with E-state index in [0.717, 1.165) is 20.6 Å². The summed E-state index contributed by atoms with van der Waals surface area (Å²) in [5, 5.41) is 2.81. The molecule has 1 atom stereocenters. The molecule has 2 amide bonds. The number of methoxy groups -OCH3 is 1. The van der Waals surface area contributed by atoms with Crippen molar-refractivity contribution in [3.63, 3.8) is 0 Å². The third kappa shape index (κ3) is 7.46. The van der Waals surface area contributed by atoms with Crippen LogP contribution in [0.2, 0.25) is 0 Å². The monoisotopic (exact) mass is 539 g/mol. The van der Waals surface area contributed by atoms with Crippen molar-refractivity contribution in [1.29, 1.82) is 0 Å². The summed E-state index contributed by atoms with van der Waals surface area (Å²) in [7, 11) is -2.39. The smallest absolute Gasteiger partial charge is 0.244 e. The van der Waals surface area contributed by atoms with Crippen LogP contribution >= 0.6 is 15.9 Å². The first-order chi connectivity index (χ1) is 15.4. The quantitative estimate of drug-likeness (QED) is 0.500. The standard InChI is InChI=1S/C23H30BrN3O5S/c1-16(2)25-23(29)17(3)26(14-18-10-12-19(24)13-11-18)22(28)15-27(33(5,30)31)20-8-6-7-9-21(20)32-4/h6-13,16-17H,14-15H2,1-5H3,(H,25,29). The van der Waals surface area contributed by atoms with Crippen LogP contribution in [0.4, 0.5) is 5.69 Å². The molecule has 0 fully saturated rings. The van der Waals surface area contributed by atoms with Gasteiger partial charge < -0.3 is 15.0 Å². The molecule has 0 radical (unpaired) electrons. The van der Waals surface area contributed by atoms with E-state index in [1.54, 1.807) is 31.2 Å². The van der Waals surface area contributed by atoms with Crippen molar-refractivity contribution >= 4 is 43.5 Å². The van der Waals surface area contributed by atoms with E-state index in [-0.39, 0.29) is 24.2 Å². The van der Waals surface area contributed by atoms with Gasteiger partial charge in [0.2, 0.25) is 21.8 Å². The van der Waals surface area contributed by atoms with Gasteiger partial charge in [-0.2, -0.15) is 0 Å². The number of carbonyl (C=O) groups excluding carboxylic acids is 2. The Labute approximate surface area is 204 Å². The fraction of sp³-hybridized carbons (Fsp3) is 0.391. The molecule has 0 saturated carbocycles. The first-order valence-corrected chi connectivity index (χ1v) is 13.0. The second-order valence-corrected chi connectivity index (χ2v) is 10.8. The fourth-order valence-electron chi connectivity index (χ4n) is 3.20. The summed E-state index contributed by atoms with van der Waals surface area (Å²) in [4.78, 5) is 27.6. The number of benzene rings is 2. The number of halogens is 1. The number of para-hydroxylation sites is 2. The molecule has 180 valence electrons. The van der Waals surface area contributed by atoms with Crippen molar-refractivity contribution in [2.24, 2.45) is 0 Å². The average Bonchev–Trinajstić information content (AvgIpc) is 2.75. The second-order valence-electron chi connectivity index (χ2n) is 7.93. The lowest BCUT2D eigenvalue weighted by molar-refractivity contribution is -0.139. The van der Waals surface area contributed by atoms with Crippen LogP contribution in [0.25, 0.3) is 0 Å². The van der Waals surface area contributed by atoms with Crippen molar-refractivity contribution in [1.82, 2.24) is 10.2 Å². The highest BCUT2D eigenvalue weighted by Crippen LogP contribution is 2.29. The highest BCUT2D eigenvalue weighted by atomic mass is 79.9. The third-order valence-electron chi connectivity index (χ3n) is 4.90. The zero-order valence-electron chi connectivity index (χ0n) is 19.4. The maximum Gasteiger partial charge on any atom is 0.244 e. The molecule has 2 aromatic rings. The molecule has 0 aromatic heterocycles. The van der Waals surface area contributed by atoms with Crippen molar-refractivity contribution in [3.05, 3.63) is 58.6 Å². The molecule has 2 rings (SSSR count). The van der Waals surface area contributed by atoms with Gasteiger partial charge in [0.1, 0.15) is 18.3 Å². The summed E-state index contributed by atoms with van der Waals surface area (Å²) in [5.41, 5.74) is 1.05. The molecule has 0 aliphatic carbocycles. The molecule has 0 heterocycles. The zero-order chi connectivity index (χ0) is 24.8. The van der Waals surface area contributed by atoms with Crippen LogP contribution in [0, 0.1) is 0 Å². The van der Waals surface area contributed by atoms with Gasteiger partial charge in [0.25, 0.3) is 0 Å². The van der Waals surface area contributed by atoms with Crippen LogP contribution in [0.1, 0.15) is 26.3 Å². The minimum absolute atomic E-state index is 0.106. The first kappa shape index (κ1) is 26.7. The van der Waals surface area contributed by atoms with Gasteiger partial charge >= 0.3 is 0 Å². The summed E-state index contributed by atoms with van der Waals surface area (Å²) in [6, 6.07) is 13.0. The van der Waals surface area contributed by atoms with Crippen molar-refractivity contribution in [2.75, 3.05) is 24.2 Å². The van der Waals surface area contributed by atoms with Crippen LogP contribution in [-0.4, -0.2) is 57.1 Å². The zero-order valence-corrected chi connectivity index (χ0v) is 21.8. The van der Waals surface area contributed by atoms with Crippen LogP contribution < -0.4 is 14.4 Å². The number of nitrogens with one attached hydrogen (secondary N) is 1. The third-order valence-corrected chi connectivity index (χ3v) is 6.55. The maximum atomic E-state index is 13.5. The molecular formula is C23H30BrN3O5S. The van der Waals surface area contributed by atoms with E-state index in [0.29, 0.717) is 5.75 Å². The Morgan fingerprint density at radius 2 is 1.67 bits per heavy atom. The van der Waals surface area contributed by atoms with E-state index < -0.39 is 28.5 Å². The molecule has 10 heteroatoms. The van der Waals surface area contributed by atoms with Crippen molar-refractivity contribution in [3.8, 4) is 5.75 Å². The van der Waals surface area contributed by atoms with E-state index >= 15 is 0 Å². The molecular weight excluding hydrogens is 510 g/mol. The average molecular weight is 540 g/mol. The van der Waals surface area contributed by atoms with Crippen LogP contribution in [0.3, 0.4) is 0 Å². The fourth-order valence-corrected chi connectivity index (χ4v) is 4.32. The predicted octanol–water partition coefficient (Wildman–Crippen LogP) is 3.17. The number of hydrogen-bond donors (Lipinski definition) is 1. The van der Waals surface area contributed by atoms with Crippen LogP contribution in [0.15, 0.2) is 53.0 Å². The van der Waals surface area contributed by atoms with Gasteiger partial charge in [-0.25, -0.2) is 8.42 Å². The van der Waals surface area contributed by atoms with E-state index in [1.807, 2.05) is 38.1 Å². The Hall–Kier alpha value is -2.59. The largest absolute Gasteiger partial charge is 0.495 e. The van der Waals surface area contributed by atoms with E-state index in [9.17, 15) is 18.0 Å². The topological polar surface area (TPSA) is 96.0 Å². The Morgan fingerprint density at radius 1 is 1.06 bits per heavy atom. The number of hydrogen-bond acceptors (Lipinski definition) is 5. The van der Waals surface area contributed by atoms with E-state index in [4.69, 9.17) is 4.74 Å². The number of amides is 2. The van der Waals surface area contributed by atoms with Gasteiger partial charge in [-0.3, -0.25) is 13.9 Å². The minimum atomic E-state index is -3.82. The van der Waals surface area contributed by atoms with E-state index in [2.05, 4.69) is 21.2 Å². The molecule has 0 aliphatic heterocycles. The number of rotatable bonds is 10. The molecule has 1 unspecified atom stereocenters. The molecule has 0 aliphatic rings. The lowest BCUT2D eigenvalue weighted by Crippen LogP contribution is -2.52. The number of sulfonamides is 1. The normalized spacial score (nSPS) is 12.2. The van der Waals surface area contributed by atoms with Gasteiger partial charge in [-0.15, -0.1) is 0 Å². The van der Waals surface area contributed by atoms with Crippen LogP contribution in [0.5, 0.6) is 5.75 Å². The second kappa shape index (κ2) is 11.5. The summed E-state index contributed by atoms with van der Waals surface area (Å²) >= 11 is 3.38. The maximum absolute atomic E-state index is 13.5. The molecule has 0 spiro atoms. The minimum Gasteiger partial charge on any atom is -0.495 e. The molecule has 0 bridgehead atoms. The summed E-state index contributed by atoms with van der Waals surface area (Å²) in [5.74, 6) is -0.514. The Kier molecular flexibility index (Phi) is 9.30.